The number of aromatic nitrogens is 3. The number of benzene rings is 2. The number of nitro groups is 1. The molecule has 1 aromatic heterocycles. The summed E-state index contributed by atoms with van der Waals surface area (Å²) in [6, 6.07) is 11.0. The predicted octanol–water partition coefficient (Wildman–Crippen LogP) is 4.27. The minimum atomic E-state index is -0.514. The van der Waals surface area contributed by atoms with Crippen molar-refractivity contribution in [2.75, 3.05) is 18.2 Å². The van der Waals surface area contributed by atoms with Gasteiger partial charge in [0.1, 0.15) is 5.75 Å². The van der Waals surface area contributed by atoms with E-state index >= 15 is 0 Å². The highest BCUT2D eigenvalue weighted by molar-refractivity contribution is 7.99. The third-order valence-electron chi connectivity index (χ3n) is 4.11. The minimum Gasteiger partial charge on any atom is -0.496 e. The minimum absolute atomic E-state index is 0.0630. The van der Waals surface area contributed by atoms with Crippen LogP contribution >= 0.6 is 23.4 Å². The van der Waals surface area contributed by atoms with Crippen LogP contribution in [-0.4, -0.2) is 38.5 Å². The molecule has 0 saturated carbocycles. The second kappa shape index (κ2) is 9.59. The Morgan fingerprint density at radius 1 is 1.30 bits per heavy atom. The third kappa shape index (κ3) is 4.89. The number of hydrogen-bond acceptors (Lipinski definition) is 7. The van der Waals surface area contributed by atoms with Crippen molar-refractivity contribution in [3.63, 3.8) is 0 Å². The average Bonchev–Trinajstić information content (AvgIpc) is 3.15. The van der Waals surface area contributed by atoms with Gasteiger partial charge in [-0.1, -0.05) is 29.4 Å². The van der Waals surface area contributed by atoms with Crippen LogP contribution in [0.3, 0.4) is 0 Å². The molecular weight excluding hydrogens is 430 g/mol. The summed E-state index contributed by atoms with van der Waals surface area (Å²) < 4.78 is 7.26. The fourth-order valence-electron chi connectivity index (χ4n) is 2.76. The van der Waals surface area contributed by atoms with Crippen molar-refractivity contribution in [3.05, 3.63) is 57.6 Å². The molecule has 3 aromatic rings. The molecule has 0 aliphatic carbocycles. The molecule has 0 fully saturated rings. The Labute approximate surface area is 181 Å². The van der Waals surface area contributed by atoms with Gasteiger partial charge in [0.2, 0.25) is 5.91 Å². The Balaban J connectivity index is 1.74. The van der Waals surface area contributed by atoms with E-state index < -0.39 is 4.92 Å². The number of nitrogens with zero attached hydrogens (tertiary/aromatic N) is 4. The first-order valence-corrected chi connectivity index (χ1v) is 10.2. The molecule has 0 atom stereocenters. The summed E-state index contributed by atoms with van der Waals surface area (Å²) >= 11 is 7.34. The third-order valence-corrected chi connectivity index (χ3v) is 5.31. The zero-order valence-electron chi connectivity index (χ0n) is 16.2. The number of anilines is 1. The largest absolute Gasteiger partial charge is 0.496 e. The quantitative estimate of drug-likeness (QED) is 0.311. The van der Waals surface area contributed by atoms with Gasteiger partial charge in [-0.05, 0) is 31.2 Å². The van der Waals surface area contributed by atoms with Crippen molar-refractivity contribution < 1.29 is 14.5 Å². The molecule has 11 heteroatoms. The fraction of sp³-hybridized carbons (Fsp3) is 0.211. The lowest BCUT2D eigenvalue weighted by molar-refractivity contribution is -0.384. The second-order valence-corrected chi connectivity index (χ2v) is 7.42. The number of rotatable bonds is 8. The lowest BCUT2D eigenvalue weighted by Gasteiger charge is -2.11. The van der Waals surface area contributed by atoms with E-state index in [-0.39, 0.29) is 17.3 Å². The van der Waals surface area contributed by atoms with Crippen molar-refractivity contribution in [1.29, 1.82) is 0 Å². The van der Waals surface area contributed by atoms with E-state index in [0.717, 1.165) is 0 Å². The van der Waals surface area contributed by atoms with Crippen LogP contribution < -0.4 is 10.1 Å². The summed E-state index contributed by atoms with van der Waals surface area (Å²) in [7, 11) is 1.56. The van der Waals surface area contributed by atoms with Gasteiger partial charge >= 0.3 is 0 Å². The molecule has 30 heavy (non-hydrogen) atoms. The van der Waals surface area contributed by atoms with Gasteiger partial charge in [0.25, 0.3) is 5.69 Å². The maximum absolute atomic E-state index is 12.3. The summed E-state index contributed by atoms with van der Waals surface area (Å²) in [4.78, 5) is 22.6. The first-order chi connectivity index (χ1) is 14.4. The molecule has 0 radical (unpaired) electrons. The van der Waals surface area contributed by atoms with Crippen molar-refractivity contribution in [3.8, 4) is 17.1 Å². The van der Waals surface area contributed by atoms with Crippen molar-refractivity contribution in [1.82, 2.24) is 14.8 Å². The second-order valence-electron chi connectivity index (χ2n) is 6.04. The summed E-state index contributed by atoms with van der Waals surface area (Å²) in [6.07, 6.45) is 0. The number of nitro benzene ring substituents is 1. The van der Waals surface area contributed by atoms with E-state index in [4.69, 9.17) is 16.3 Å². The van der Waals surface area contributed by atoms with Crippen LogP contribution in [-0.2, 0) is 11.3 Å². The van der Waals surface area contributed by atoms with E-state index in [9.17, 15) is 14.9 Å². The highest BCUT2D eigenvalue weighted by atomic mass is 35.5. The van der Waals surface area contributed by atoms with Gasteiger partial charge in [0.05, 0.1) is 23.3 Å². The molecule has 0 aliphatic heterocycles. The van der Waals surface area contributed by atoms with Crippen LogP contribution in [0.1, 0.15) is 6.92 Å². The number of non-ortho nitro benzene ring substituents is 1. The molecule has 156 valence electrons. The highest BCUT2D eigenvalue weighted by Crippen LogP contribution is 2.33. The van der Waals surface area contributed by atoms with E-state index in [0.29, 0.717) is 39.5 Å². The molecule has 1 amide bonds. The number of carbonyl (C=O) groups is 1. The number of thioether (sulfide) groups is 1. The SMILES string of the molecule is CCn1c(SCC(=O)Nc2cccc([N+](=O)[O-])c2)nnc1-c1cc(Cl)ccc1OC. The number of ether oxygens (including phenoxy) is 1. The molecular formula is C19H18ClN5O4S. The predicted molar refractivity (Wildman–Crippen MR) is 115 cm³/mol. The van der Waals surface area contributed by atoms with Crippen molar-refractivity contribution in [2.45, 2.75) is 18.6 Å². The van der Waals surface area contributed by atoms with Crippen LogP contribution in [0.25, 0.3) is 11.4 Å². The van der Waals surface area contributed by atoms with E-state index in [1.165, 1.54) is 30.0 Å². The maximum atomic E-state index is 12.3. The van der Waals surface area contributed by atoms with Crippen LogP contribution in [0, 0.1) is 10.1 Å². The van der Waals surface area contributed by atoms with Gasteiger partial charge in [0.15, 0.2) is 11.0 Å². The fourth-order valence-corrected chi connectivity index (χ4v) is 3.73. The van der Waals surface area contributed by atoms with Crippen LogP contribution in [0.15, 0.2) is 47.6 Å². The summed E-state index contributed by atoms with van der Waals surface area (Å²) in [6.45, 7) is 2.52. The Bertz CT molecular complexity index is 1090. The summed E-state index contributed by atoms with van der Waals surface area (Å²) in [5, 5.41) is 23.1. The normalized spacial score (nSPS) is 10.6. The molecule has 3 rings (SSSR count). The molecule has 2 aromatic carbocycles. The van der Waals surface area contributed by atoms with E-state index in [1.807, 2.05) is 11.5 Å². The molecule has 0 spiro atoms. The average molecular weight is 448 g/mol. The van der Waals surface area contributed by atoms with E-state index in [2.05, 4.69) is 15.5 Å². The molecule has 0 bridgehead atoms. The van der Waals surface area contributed by atoms with Gasteiger partial charge in [-0.3, -0.25) is 14.9 Å². The van der Waals surface area contributed by atoms with Gasteiger partial charge in [0, 0.05) is 29.4 Å². The van der Waals surface area contributed by atoms with Gasteiger partial charge < -0.3 is 14.6 Å². The molecule has 1 heterocycles. The molecule has 0 saturated heterocycles. The van der Waals surface area contributed by atoms with Gasteiger partial charge in [-0.25, -0.2) is 0 Å². The van der Waals surface area contributed by atoms with Crippen molar-refractivity contribution >= 4 is 40.6 Å². The zero-order valence-corrected chi connectivity index (χ0v) is 17.7. The monoisotopic (exact) mass is 447 g/mol. The lowest BCUT2D eigenvalue weighted by atomic mass is 10.2. The molecule has 9 nitrogen and oxygen atoms in total. The first kappa shape index (κ1) is 21.6. The Morgan fingerprint density at radius 3 is 2.80 bits per heavy atom. The Hall–Kier alpha value is -3.11. The molecule has 1 N–H and O–H groups in total. The molecule has 0 unspecified atom stereocenters. The van der Waals surface area contributed by atoms with Gasteiger partial charge in [-0.15, -0.1) is 10.2 Å². The molecule has 0 aliphatic rings. The number of nitrogens with one attached hydrogen (secondary N) is 1. The van der Waals surface area contributed by atoms with Crippen molar-refractivity contribution in [2.24, 2.45) is 0 Å². The zero-order chi connectivity index (χ0) is 21.7. The number of halogens is 1. The standard InChI is InChI=1S/C19H18ClN5O4S/c1-3-24-18(15-9-12(20)7-8-16(15)29-2)22-23-19(24)30-11-17(26)21-13-5-4-6-14(10-13)25(27)28/h4-10H,3,11H2,1-2H3,(H,21,26). The number of amides is 1. The topological polar surface area (TPSA) is 112 Å². The summed E-state index contributed by atoms with van der Waals surface area (Å²) in [5.74, 6) is 0.945. The summed E-state index contributed by atoms with van der Waals surface area (Å²) in [5.41, 5.74) is 0.967. The first-order valence-electron chi connectivity index (χ1n) is 8.87. The number of methoxy groups -OCH3 is 1. The Morgan fingerprint density at radius 2 is 2.10 bits per heavy atom. The Kier molecular flexibility index (Phi) is 6.91. The smallest absolute Gasteiger partial charge is 0.271 e. The van der Waals surface area contributed by atoms with E-state index in [1.54, 1.807) is 31.4 Å². The lowest BCUT2D eigenvalue weighted by Crippen LogP contribution is -2.14. The van der Waals surface area contributed by atoms with Crippen LogP contribution in [0.5, 0.6) is 5.75 Å². The van der Waals surface area contributed by atoms with Crippen LogP contribution in [0.2, 0.25) is 5.02 Å². The number of hydrogen-bond donors (Lipinski definition) is 1. The highest BCUT2D eigenvalue weighted by Gasteiger charge is 2.18. The maximum Gasteiger partial charge on any atom is 0.271 e. The van der Waals surface area contributed by atoms with Gasteiger partial charge in [-0.2, -0.15) is 0 Å². The van der Waals surface area contributed by atoms with Crippen LogP contribution in [0.4, 0.5) is 11.4 Å². The number of carbonyl (C=O) groups excluding carboxylic acids is 1.